The number of hydrogen-bond acceptors (Lipinski definition) is 4. The minimum absolute atomic E-state index is 0.142. The molecule has 26 heavy (non-hydrogen) atoms. The number of rotatable bonds is 4. The third kappa shape index (κ3) is 4.83. The minimum Gasteiger partial charge on any atom is -0.348 e. The molecule has 2 aromatic rings. The second-order valence-corrected chi connectivity index (χ2v) is 8.31. The molecule has 0 bridgehead atoms. The van der Waals surface area contributed by atoms with Gasteiger partial charge in [-0.25, -0.2) is 4.68 Å². The summed E-state index contributed by atoms with van der Waals surface area (Å²) in [4.78, 5) is 14.8. The Bertz CT molecular complexity index is 742. The smallest absolute Gasteiger partial charge is 0.273 e. The first-order valence-corrected chi connectivity index (χ1v) is 9.39. The van der Waals surface area contributed by atoms with Crippen LogP contribution in [0.15, 0.2) is 30.5 Å². The molecule has 1 aliphatic heterocycles. The number of aromatic nitrogens is 3. The van der Waals surface area contributed by atoms with Crippen molar-refractivity contribution in [1.29, 1.82) is 0 Å². The van der Waals surface area contributed by atoms with Crippen molar-refractivity contribution in [2.75, 3.05) is 13.1 Å². The third-order valence-corrected chi connectivity index (χ3v) is 4.91. The van der Waals surface area contributed by atoms with Crippen LogP contribution in [0.4, 0.5) is 0 Å². The number of carbonyl (C=O) groups is 1. The predicted octanol–water partition coefficient (Wildman–Crippen LogP) is 3.08. The van der Waals surface area contributed by atoms with Gasteiger partial charge in [-0.15, -0.1) is 5.10 Å². The molecule has 1 N–H and O–H groups in total. The Hall–Kier alpha value is -1.92. The van der Waals surface area contributed by atoms with Crippen LogP contribution in [0, 0.1) is 0 Å². The highest BCUT2D eigenvalue weighted by Crippen LogP contribution is 2.17. The van der Waals surface area contributed by atoms with Crippen molar-refractivity contribution in [3.8, 4) is 0 Å². The van der Waals surface area contributed by atoms with Gasteiger partial charge in [0, 0.05) is 30.7 Å². The van der Waals surface area contributed by atoms with Crippen LogP contribution in [-0.4, -0.2) is 44.9 Å². The molecule has 1 amide bonds. The molecule has 1 saturated heterocycles. The number of benzene rings is 1. The lowest BCUT2D eigenvalue weighted by atomic mass is 10.0. The summed E-state index contributed by atoms with van der Waals surface area (Å²) < 4.78 is 1.72. The molecular formula is C19H26ClN5O. The Morgan fingerprint density at radius 3 is 2.46 bits per heavy atom. The van der Waals surface area contributed by atoms with Gasteiger partial charge < -0.3 is 5.32 Å². The fourth-order valence-corrected chi connectivity index (χ4v) is 3.16. The number of nitrogens with zero attached hydrogens (tertiary/aromatic N) is 4. The second kappa shape index (κ2) is 7.76. The van der Waals surface area contributed by atoms with Crippen LogP contribution in [0.5, 0.6) is 0 Å². The second-order valence-electron chi connectivity index (χ2n) is 7.87. The van der Waals surface area contributed by atoms with Crippen LogP contribution in [0.2, 0.25) is 5.02 Å². The van der Waals surface area contributed by atoms with Gasteiger partial charge in [-0.1, -0.05) is 28.9 Å². The number of amides is 1. The van der Waals surface area contributed by atoms with Crippen LogP contribution < -0.4 is 5.32 Å². The Morgan fingerprint density at radius 2 is 1.88 bits per heavy atom. The lowest BCUT2D eigenvalue weighted by molar-refractivity contribution is 0.0904. The van der Waals surface area contributed by atoms with E-state index in [2.05, 4.69) is 32.7 Å². The first-order chi connectivity index (χ1) is 12.3. The van der Waals surface area contributed by atoms with Crippen molar-refractivity contribution >= 4 is 17.5 Å². The SMILES string of the molecule is CC(C)(C)n1cc(C(=O)NC2CCN(Cc3ccc(Cl)cc3)CC2)nn1. The number of nitrogens with one attached hydrogen (secondary N) is 1. The van der Waals surface area contributed by atoms with E-state index in [1.807, 2.05) is 32.9 Å². The van der Waals surface area contributed by atoms with E-state index in [1.54, 1.807) is 10.9 Å². The molecule has 2 heterocycles. The standard InChI is InChI=1S/C19H26ClN5O/c1-19(2,3)25-13-17(22-23-25)18(26)21-16-8-10-24(11-9-16)12-14-4-6-15(20)7-5-14/h4-7,13,16H,8-12H2,1-3H3,(H,21,26). The number of likely N-dealkylation sites (tertiary alicyclic amines) is 1. The number of carbonyl (C=O) groups excluding carboxylic acids is 1. The summed E-state index contributed by atoms with van der Waals surface area (Å²) in [7, 11) is 0. The van der Waals surface area contributed by atoms with Gasteiger partial charge in [0.05, 0.1) is 11.7 Å². The summed E-state index contributed by atoms with van der Waals surface area (Å²) in [5.74, 6) is -0.142. The Kier molecular flexibility index (Phi) is 5.63. The van der Waals surface area contributed by atoms with E-state index in [0.717, 1.165) is 37.5 Å². The minimum atomic E-state index is -0.182. The number of hydrogen-bond donors (Lipinski definition) is 1. The molecule has 0 atom stereocenters. The van der Waals surface area contributed by atoms with Crippen LogP contribution in [0.25, 0.3) is 0 Å². The molecule has 1 fully saturated rings. The molecule has 0 saturated carbocycles. The number of piperidine rings is 1. The zero-order chi connectivity index (χ0) is 18.7. The van der Waals surface area contributed by atoms with Gasteiger partial charge in [0.2, 0.25) is 0 Å². The van der Waals surface area contributed by atoms with Gasteiger partial charge in [0.25, 0.3) is 5.91 Å². The van der Waals surface area contributed by atoms with E-state index in [9.17, 15) is 4.79 Å². The van der Waals surface area contributed by atoms with Crippen molar-refractivity contribution < 1.29 is 4.79 Å². The molecule has 3 rings (SSSR count). The van der Waals surface area contributed by atoms with E-state index >= 15 is 0 Å². The molecule has 0 radical (unpaired) electrons. The summed E-state index contributed by atoms with van der Waals surface area (Å²) in [6.07, 6.45) is 3.59. The summed E-state index contributed by atoms with van der Waals surface area (Å²) in [5.41, 5.74) is 1.46. The first kappa shape index (κ1) is 18.9. The van der Waals surface area contributed by atoms with Crippen LogP contribution in [-0.2, 0) is 12.1 Å². The van der Waals surface area contributed by atoms with Crippen molar-refractivity contribution in [2.45, 2.75) is 51.7 Å². The van der Waals surface area contributed by atoms with Crippen LogP contribution in [0.1, 0.15) is 49.7 Å². The normalized spacial score (nSPS) is 16.6. The molecule has 140 valence electrons. The Morgan fingerprint density at radius 1 is 1.23 bits per heavy atom. The largest absolute Gasteiger partial charge is 0.348 e. The van der Waals surface area contributed by atoms with E-state index in [-0.39, 0.29) is 17.5 Å². The van der Waals surface area contributed by atoms with E-state index in [1.165, 1.54) is 5.56 Å². The molecule has 7 heteroatoms. The Labute approximate surface area is 159 Å². The molecule has 1 aliphatic rings. The maximum Gasteiger partial charge on any atom is 0.273 e. The van der Waals surface area contributed by atoms with E-state index in [0.29, 0.717) is 5.69 Å². The van der Waals surface area contributed by atoms with Gasteiger partial charge in [-0.3, -0.25) is 9.69 Å². The van der Waals surface area contributed by atoms with Crippen molar-refractivity contribution in [3.05, 3.63) is 46.7 Å². The molecule has 0 spiro atoms. The number of halogens is 1. The summed E-state index contributed by atoms with van der Waals surface area (Å²) in [5, 5.41) is 11.9. The van der Waals surface area contributed by atoms with Gasteiger partial charge in [-0.2, -0.15) is 0 Å². The molecule has 0 aliphatic carbocycles. The van der Waals surface area contributed by atoms with Gasteiger partial charge in [0.1, 0.15) is 0 Å². The fourth-order valence-electron chi connectivity index (χ4n) is 3.04. The fraction of sp³-hybridized carbons (Fsp3) is 0.526. The van der Waals surface area contributed by atoms with Gasteiger partial charge in [-0.05, 0) is 51.3 Å². The van der Waals surface area contributed by atoms with Crippen LogP contribution in [0.3, 0.4) is 0 Å². The first-order valence-electron chi connectivity index (χ1n) is 9.02. The highest BCUT2D eigenvalue weighted by molar-refractivity contribution is 6.30. The van der Waals surface area contributed by atoms with Crippen molar-refractivity contribution in [1.82, 2.24) is 25.2 Å². The third-order valence-electron chi connectivity index (χ3n) is 4.66. The average molecular weight is 376 g/mol. The van der Waals surface area contributed by atoms with Crippen molar-refractivity contribution in [2.24, 2.45) is 0 Å². The highest BCUT2D eigenvalue weighted by atomic mass is 35.5. The maximum absolute atomic E-state index is 12.4. The quantitative estimate of drug-likeness (QED) is 0.891. The van der Waals surface area contributed by atoms with E-state index in [4.69, 9.17) is 11.6 Å². The topological polar surface area (TPSA) is 63.1 Å². The molecule has 6 nitrogen and oxygen atoms in total. The lowest BCUT2D eigenvalue weighted by Gasteiger charge is -2.32. The van der Waals surface area contributed by atoms with Crippen LogP contribution >= 0.6 is 11.6 Å². The molecule has 1 aromatic heterocycles. The van der Waals surface area contributed by atoms with E-state index < -0.39 is 0 Å². The predicted molar refractivity (Wildman–Crippen MR) is 102 cm³/mol. The Balaban J connectivity index is 1.48. The molecule has 0 unspecified atom stereocenters. The summed E-state index contributed by atoms with van der Waals surface area (Å²) in [6.45, 7) is 8.92. The van der Waals surface area contributed by atoms with Gasteiger partial charge >= 0.3 is 0 Å². The summed E-state index contributed by atoms with van der Waals surface area (Å²) >= 11 is 5.93. The summed E-state index contributed by atoms with van der Waals surface area (Å²) in [6, 6.07) is 8.16. The zero-order valence-corrected chi connectivity index (χ0v) is 16.3. The van der Waals surface area contributed by atoms with Gasteiger partial charge in [0.15, 0.2) is 5.69 Å². The maximum atomic E-state index is 12.4. The highest BCUT2D eigenvalue weighted by Gasteiger charge is 2.23. The average Bonchev–Trinajstić information content (AvgIpc) is 3.09. The monoisotopic (exact) mass is 375 g/mol. The zero-order valence-electron chi connectivity index (χ0n) is 15.6. The van der Waals surface area contributed by atoms with Crippen molar-refractivity contribution in [3.63, 3.8) is 0 Å². The molecule has 1 aromatic carbocycles. The molecular weight excluding hydrogens is 350 g/mol. The lowest BCUT2D eigenvalue weighted by Crippen LogP contribution is -2.44.